The van der Waals surface area contributed by atoms with Crippen molar-refractivity contribution in [1.29, 1.82) is 0 Å². The summed E-state index contributed by atoms with van der Waals surface area (Å²) >= 11 is 1.32. The molecule has 0 atom stereocenters. The zero-order valence-electron chi connectivity index (χ0n) is 10.0. The highest BCUT2D eigenvalue weighted by molar-refractivity contribution is 7.15. The Morgan fingerprint density at radius 3 is 2.94 bits per heavy atom. The third kappa shape index (κ3) is 3.00. The number of nitrogens with one attached hydrogen (secondary N) is 2. The average Bonchev–Trinajstić information content (AvgIpc) is 2.95. The third-order valence-corrected chi connectivity index (χ3v) is 2.94. The van der Waals surface area contributed by atoms with Gasteiger partial charge >= 0.3 is 6.03 Å². The molecule has 9 heteroatoms. The lowest BCUT2D eigenvalue weighted by Crippen LogP contribution is -2.29. The van der Waals surface area contributed by atoms with Crippen LogP contribution in [-0.4, -0.2) is 31.0 Å². The Kier molecular flexibility index (Phi) is 3.82. The molecular weight excluding hydrogens is 254 g/mol. The van der Waals surface area contributed by atoms with Crippen molar-refractivity contribution in [3.05, 3.63) is 17.2 Å². The molecule has 0 saturated heterocycles. The standard InChI is InChI=1S/C9H13N7OS/c1-3-16-5-11-14-7(16)4-10-8(17)12-9-15-13-6(2)18-9/h5H,3-4H2,1-2H3,(H2,10,12,15,17). The predicted octanol–water partition coefficient (Wildman–Crippen LogP) is 0.780. The fourth-order valence-corrected chi connectivity index (χ4v) is 1.91. The summed E-state index contributed by atoms with van der Waals surface area (Å²) in [5.74, 6) is 0.709. The maximum Gasteiger partial charge on any atom is 0.321 e. The molecule has 2 amide bonds. The van der Waals surface area contributed by atoms with Gasteiger partial charge in [0.2, 0.25) is 5.13 Å². The van der Waals surface area contributed by atoms with Crippen molar-refractivity contribution >= 4 is 22.5 Å². The molecule has 2 N–H and O–H groups in total. The van der Waals surface area contributed by atoms with Crippen molar-refractivity contribution in [2.75, 3.05) is 5.32 Å². The lowest BCUT2D eigenvalue weighted by Gasteiger charge is -2.05. The minimum Gasteiger partial charge on any atom is -0.331 e. The van der Waals surface area contributed by atoms with Gasteiger partial charge < -0.3 is 9.88 Å². The molecule has 0 spiro atoms. The van der Waals surface area contributed by atoms with E-state index in [1.165, 1.54) is 11.3 Å². The summed E-state index contributed by atoms with van der Waals surface area (Å²) in [6, 6.07) is -0.336. The molecule has 96 valence electrons. The zero-order valence-corrected chi connectivity index (χ0v) is 10.9. The van der Waals surface area contributed by atoms with E-state index in [1.54, 1.807) is 6.33 Å². The number of anilines is 1. The van der Waals surface area contributed by atoms with Crippen LogP contribution < -0.4 is 10.6 Å². The summed E-state index contributed by atoms with van der Waals surface area (Å²) in [7, 11) is 0. The van der Waals surface area contributed by atoms with Gasteiger partial charge in [0.15, 0.2) is 5.82 Å². The molecule has 0 aliphatic rings. The fraction of sp³-hybridized carbons (Fsp3) is 0.444. The molecule has 18 heavy (non-hydrogen) atoms. The number of nitrogens with zero attached hydrogens (tertiary/aromatic N) is 5. The number of hydrogen-bond acceptors (Lipinski definition) is 6. The van der Waals surface area contributed by atoms with Gasteiger partial charge in [0.25, 0.3) is 0 Å². The topological polar surface area (TPSA) is 97.6 Å². The SMILES string of the molecule is CCn1cnnc1CNC(=O)Nc1nnc(C)s1. The molecule has 0 bridgehead atoms. The van der Waals surface area contributed by atoms with Crippen molar-refractivity contribution < 1.29 is 4.79 Å². The first-order valence-electron chi connectivity index (χ1n) is 5.40. The van der Waals surface area contributed by atoms with E-state index >= 15 is 0 Å². The van der Waals surface area contributed by atoms with Gasteiger partial charge in [0.1, 0.15) is 11.3 Å². The van der Waals surface area contributed by atoms with E-state index in [1.807, 2.05) is 18.4 Å². The van der Waals surface area contributed by atoms with E-state index in [4.69, 9.17) is 0 Å². The average molecular weight is 267 g/mol. The number of aryl methyl sites for hydroxylation is 2. The Labute approximate surface area is 107 Å². The van der Waals surface area contributed by atoms with Crippen molar-refractivity contribution in [1.82, 2.24) is 30.3 Å². The number of carbonyl (C=O) groups is 1. The Hall–Kier alpha value is -2.03. The van der Waals surface area contributed by atoms with Gasteiger partial charge in [-0.2, -0.15) is 0 Å². The first kappa shape index (κ1) is 12.4. The van der Waals surface area contributed by atoms with E-state index in [0.29, 0.717) is 17.5 Å². The molecule has 0 aliphatic carbocycles. The van der Waals surface area contributed by atoms with Crippen LogP contribution in [-0.2, 0) is 13.1 Å². The van der Waals surface area contributed by atoms with Crippen molar-refractivity contribution in [2.24, 2.45) is 0 Å². The largest absolute Gasteiger partial charge is 0.331 e. The van der Waals surface area contributed by atoms with Gasteiger partial charge in [0.05, 0.1) is 6.54 Å². The summed E-state index contributed by atoms with van der Waals surface area (Å²) < 4.78 is 1.86. The molecule has 0 fully saturated rings. The second-order valence-electron chi connectivity index (χ2n) is 3.47. The number of amides is 2. The molecule has 0 unspecified atom stereocenters. The van der Waals surface area contributed by atoms with Crippen LogP contribution in [0.15, 0.2) is 6.33 Å². The Morgan fingerprint density at radius 2 is 2.28 bits per heavy atom. The van der Waals surface area contributed by atoms with Crippen molar-refractivity contribution in [3.8, 4) is 0 Å². The molecule has 8 nitrogen and oxygen atoms in total. The second kappa shape index (κ2) is 5.54. The van der Waals surface area contributed by atoms with Gasteiger partial charge in [-0.1, -0.05) is 11.3 Å². The number of aromatic nitrogens is 5. The molecule has 2 rings (SSSR count). The third-order valence-electron chi connectivity index (χ3n) is 2.19. The molecule has 0 aromatic carbocycles. The number of urea groups is 1. The van der Waals surface area contributed by atoms with Crippen LogP contribution in [0.4, 0.5) is 9.93 Å². The van der Waals surface area contributed by atoms with E-state index in [0.717, 1.165) is 11.6 Å². The van der Waals surface area contributed by atoms with Gasteiger partial charge in [-0.3, -0.25) is 5.32 Å². The summed E-state index contributed by atoms with van der Waals surface area (Å²) in [5.41, 5.74) is 0. The molecule has 2 aromatic heterocycles. The minimum atomic E-state index is -0.336. The van der Waals surface area contributed by atoms with Crippen LogP contribution in [0.25, 0.3) is 0 Å². The number of rotatable bonds is 4. The highest BCUT2D eigenvalue weighted by Crippen LogP contribution is 2.12. The number of carbonyl (C=O) groups excluding carboxylic acids is 1. The second-order valence-corrected chi connectivity index (χ2v) is 4.65. The van der Waals surface area contributed by atoms with Crippen LogP contribution in [0, 0.1) is 6.92 Å². The fourth-order valence-electron chi connectivity index (χ4n) is 1.33. The van der Waals surface area contributed by atoms with Crippen LogP contribution in [0.5, 0.6) is 0 Å². The lowest BCUT2D eigenvalue weighted by molar-refractivity contribution is 0.251. The summed E-state index contributed by atoms with van der Waals surface area (Å²) in [6.07, 6.45) is 1.63. The summed E-state index contributed by atoms with van der Waals surface area (Å²) in [6.45, 7) is 4.89. The lowest BCUT2D eigenvalue weighted by atomic mass is 10.5. The van der Waals surface area contributed by atoms with Gasteiger partial charge in [-0.15, -0.1) is 20.4 Å². The van der Waals surface area contributed by atoms with E-state index in [9.17, 15) is 4.79 Å². The maximum atomic E-state index is 11.6. The molecule has 0 saturated carbocycles. The smallest absolute Gasteiger partial charge is 0.321 e. The molecule has 0 radical (unpaired) electrons. The minimum absolute atomic E-state index is 0.317. The molecule has 2 aromatic rings. The Bertz CT molecular complexity index is 535. The van der Waals surface area contributed by atoms with E-state index < -0.39 is 0 Å². The predicted molar refractivity (Wildman–Crippen MR) is 66.2 cm³/mol. The van der Waals surface area contributed by atoms with Gasteiger partial charge in [-0.25, -0.2) is 4.79 Å². The summed E-state index contributed by atoms with van der Waals surface area (Å²) in [5, 5.41) is 21.9. The zero-order chi connectivity index (χ0) is 13.0. The van der Waals surface area contributed by atoms with Crippen molar-refractivity contribution in [3.63, 3.8) is 0 Å². The monoisotopic (exact) mass is 267 g/mol. The van der Waals surface area contributed by atoms with E-state index in [2.05, 4.69) is 31.0 Å². The molecule has 2 heterocycles. The van der Waals surface area contributed by atoms with Crippen LogP contribution in [0.1, 0.15) is 17.8 Å². The highest BCUT2D eigenvalue weighted by atomic mass is 32.1. The normalized spacial score (nSPS) is 10.3. The summed E-state index contributed by atoms with van der Waals surface area (Å²) in [4.78, 5) is 11.6. The van der Waals surface area contributed by atoms with E-state index in [-0.39, 0.29) is 6.03 Å². The van der Waals surface area contributed by atoms with Gasteiger partial charge in [0, 0.05) is 6.54 Å². The molecule has 0 aliphatic heterocycles. The Balaban J connectivity index is 1.85. The first-order valence-corrected chi connectivity index (χ1v) is 6.22. The maximum absolute atomic E-state index is 11.6. The van der Waals surface area contributed by atoms with Crippen LogP contribution in [0.2, 0.25) is 0 Å². The van der Waals surface area contributed by atoms with Crippen molar-refractivity contribution in [2.45, 2.75) is 26.9 Å². The highest BCUT2D eigenvalue weighted by Gasteiger charge is 2.08. The Morgan fingerprint density at radius 1 is 1.44 bits per heavy atom. The van der Waals surface area contributed by atoms with Crippen LogP contribution in [0.3, 0.4) is 0 Å². The quantitative estimate of drug-likeness (QED) is 0.853. The number of hydrogen-bond donors (Lipinski definition) is 2. The van der Waals surface area contributed by atoms with Gasteiger partial charge in [-0.05, 0) is 13.8 Å². The van der Waals surface area contributed by atoms with Crippen LogP contribution >= 0.6 is 11.3 Å². The molecular formula is C9H13N7OS. The first-order chi connectivity index (χ1) is 8.69.